The predicted octanol–water partition coefficient (Wildman–Crippen LogP) is 2.59. The lowest BCUT2D eigenvalue weighted by atomic mass is 10.1. The van der Waals surface area contributed by atoms with Crippen molar-refractivity contribution >= 4 is 22.4 Å². The zero-order valence-electron chi connectivity index (χ0n) is 15.1. The van der Waals surface area contributed by atoms with Crippen LogP contribution in [0.15, 0.2) is 24.3 Å². The minimum atomic E-state index is 0.144. The summed E-state index contributed by atoms with van der Waals surface area (Å²) in [7, 11) is 0. The second-order valence-electron chi connectivity index (χ2n) is 7.61. The quantitative estimate of drug-likeness (QED) is 0.885. The maximum Gasteiger partial charge on any atom is 0.254 e. The molecule has 5 nitrogen and oxygen atoms in total. The van der Waals surface area contributed by atoms with E-state index < -0.39 is 0 Å². The van der Waals surface area contributed by atoms with Crippen LogP contribution < -0.4 is 10.2 Å². The average molecular weight is 369 g/mol. The van der Waals surface area contributed by atoms with Crippen molar-refractivity contribution in [1.29, 1.82) is 0 Å². The normalized spacial score (nSPS) is 24.7. The Hall–Kier alpha value is -1.92. The summed E-state index contributed by atoms with van der Waals surface area (Å²) < 4.78 is 0. The van der Waals surface area contributed by atoms with E-state index in [1.807, 2.05) is 36.1 Å². The van der Waals surface area contributed by atoms with Crippen molar-refractivity contribution in [2.24, 2.45) is 0 Å². The van der Waals surface area contributed by atoms with E-state index in [2.05, 4.69) is 10.2 Å². The van der Waals surface area contributed by atoms with Gasteiger partial charge in [0, 0.05) is 48.6 Å². The van der Waals surface area contributed by atoms with Gasteiger partial charge in [-0.05, 0) is 31.4 Å². The van der Waals surface area contributed by atoms with Gasteiger partial charge in [-0.1, -0.05) is 29.5 Å². The van der Waals surface area contributed by atoms with Crippen LogP contribution in [0.5, 0.6) is 0 Å². The molecular formula is C20H24N4OS. The maximum absolute atomic E-state index is 12.9. The first-order chi connectivity index (χ1) is 12.7. The van der Waals surface area contributed by atoms with Crippen molar-refractivity contribution in [2.75, 3.05) is 24.5 Å². The number of aryl methyl sites for hydroxylation is 1. The molecule has 1 aromatic carbocycles. The molecule has 0 aliphatic carbocycles. The summed E-state index contributed by atoms with van der Waals surface area (Å²) in [5.74, 6) is 0.144. The number of fused-ring (bicyclic) bond motifs is 3. The minimum Gasteiger partial charge on any atom is -0.340 e. The number of thiazole rings is 1. The number of nitrogens with zero attached hydrogens (tertiary/aromatic N) is 3. The Morgan fingerprint density at radius 1 is 1.23 bits per heavy atom. The zero-order valence-corrected chi connectivity index (χ0v) is 15.9. The molecule has 1 amide bonds. The second-order valence-corrected chi connectivity index (χ2v) is 8.67. The van der Waals surface area contributed by atoms with Crippen molar-refractivity contribution < 1.29 is 4.79 Å². The number of carbonyl (C=O) groups excluding carboxylic acids is 1. The molecule has 2 fully saturated rings. The van der Waals surface area contributed by atoms with Crippen LogP contribution in [0.3, 0.4) is 0 Å². The third-order valence-electron chi connectivity index (χ3n) is 5.98. The van der Waals surface area contributed by atoms with E-state index in [4.69, 9.17) is 4.98 Å². The molecule has 0 radical (unpaired) electrons. The first kappa shape index (κ1) is 16.3. The maximum atomic E-state index is 12.9. The topological polar surface area (TPSA) is 48.5 Å². The highest BCUT2D eigenvalue weighted by Crippen LogP contribution is 2.38. The van der Waals surface area contributed by atoms with Crippen LogP contribution in [0.1, 0.15) is 39.3 Å². The molecule has 3 aliphatic heterocycles. The summed E-state index contributed by atoms with van der Waals surface area (Å²) in [6.07, 6.45) is 3.39. The second kappa shape index (κ2) is 6.35. The van der Waals surface area contributed by atoms with E-state index in [0.29, 0.717) is 18.6 Å². The summed E-state index contributed by atoms with van der Waals surface area (Å²) in [5.41, 5.74) is 3.07. The Balaban J connectivity index is 1.38. The van der Waals surface area contributed by atoms with Crippen LogP contribution >= 0.6 is 11.3 Å². The van der Waals surface area contributed by atoms with Crippen molar-refractivity contribution in [2.45, 2.75) is 44.8 Å². The zero-order chi connectivity index (χ0) is 17.7. The number of hydrogen-bond acceptors (Lipinski definition) is 5. The van der Waals surface area contributed by atoms with Gasteiger partial charge in [-0.3, -0.25) is 4.79 Å². The molecule has 6 heteroatoms. The third kappa shape index (κ3) is 2.63. The van der Waals surface area contributed by atoms with E-state index >= 15 is 0 Å². The van der Waals surface area contributed by atoms with Crippen molar-refractivity contribution in [3.63, 3.8) is 0 Å². The number of anilines is 1. The summed E-state index contributed by atoms with van der Waals surface area (Å²) in [5, 5.41) is 4.71. The van der Waals surface area contributed by atoms with Gasteiger partial charge in [-0.2, -0.15) is 0 Å². The van der Waals surface area contributed by atoms with Crippen molar-refractivity contribution in [3.8, 4) is 0 Å². The van der Waals surface area contributed by atoms with Gasteiger partial charge in [0.2, 0.25) is 0 Å². The molecule has 2 aromatic rings. The predicted molar refractivity (Wildman–Crippen MR) is 104 cm³/mol. The number of piperazine rings is 1. The molecule has 2 unspecified atom stereocenters. The number of aromatic nitrogens is 1. The molecule has 26 heavy (non-hydrogen) atoms. The minimum absolute atomic E-state index is 0.144. The van der Waals surface area contributed by atoms with Gasteiger partial charge >= 0.3 is 0 Å². The number of nitrogens with one attached hydrogen (secondary N) is 1. The first-order valence-electron chi connectivity index (χ1n) is 9.53. The fraction of sp³-hybridized carbons (Fsp3) is 0.500. The van der Waals surface area contributed by atoms with Crippen LogP contribution in [0.4, 0.5) is 5.13 Å². The van der Waals surface area contributed by atoms with E-state index in [1.54, 1.807) is 11.3 Å². The smallest absolute Gasteiger partial charge is 0.254 e. The summed E-state index contributed by atoms with van der Waals surface area (Å²) in [6, 6.07) is 9.05. The Labute approximate surface area is 158 Å². The number of hydrogen-bond donors (Lipinski definition) is 1. The molecule has 1 aromatic heterocycles. The summed E-state index contributed by atoms with van der Waals surface area (Å²) in [6.45, 7) is 5.60. The molecule has 2 bridgehead atoms. The van der Waals surface area contributed by atoms with Gasteiger partial charge in [0.15, 0.2) is 5.13 Å². The van der Waals surface area contributed by atoms with Gasteiger partial charge in [-0.15, -0.1) is 0 Å². The largest absolute Gasteiger partial charge is 0.340 e. The van der Waals surface area contributed by atoms with Crippen LogP contribution in [-0.4, -0.2) is 47.5 Å². The number of carbonyl (C=O) groups is 1. The highest BCUT2D eigenvalue weighted by molar-refractivity contribution is 7.15. The lowest BCUT2D eigenvalue weighted by Crippen LogP contribution is -2.51. The lowest BCUT2D eigenvalue weighted by Gasteiger charge is -2.35. The van der Waals surface area contributed by atoms with Crippen molar-refractivity contribution in [1.82, 2.24) is 15.2 Å². The molecule has 0 spiro atoms. The number of amides is 1. The molecule has 2 saturated heterocycles. The van der Waals surface area contributed by atoms with Crippen molar-refractivity contribution in [3.05, 3.63) is 46.0 Å². The summed E-state index contributed by atoms with van der Waals surface area (Å²) >= 11 is 1.80. The molecule has 0 saturated carbocycles. The molecular weight excluding hydrogens is 344 g/mol. The van der Waals surface area contributed by atoms with Crippen LogP contribution in [0.2, 0.25) is 0 Å². The van der Waals surface area contributed by atoms with E-state index in [0.717, 1.165) is 37.2 Å². The van der Waals surface area contributed by atoms with E-state index in [-0.39, 0.29) is 5.91 Å². The van der Waals surface area contributed by atoms with E-state index in [9.17, 15) is 4.79 Å². The monoisotopic (exact) mass is 368 g/mol. The average Bonchev–Trinajstić information content (AvgIpc) is 3.18. The van der Waals surface area contributed by atoms with Crippen LogP contribution in [0, 0.1) is 6.92 Å². The molecule has 3 aliphatic rings. The molecule has 2 atom stereocenters. The van der Waals surface area contributed by atoms with Gasteiger partial charge in [0.05, 0.1) is 12.2 Å². The highest BCUT2D eigenvalue weighted by Gasteiger charge is 2.39. The molecule has 4 heterocycles. The molecule has 5 rings (SSSR count). The lowest BCUT2D eigenvalue weighted by molar-refractivity contribution is 0.0735. The third-order valence-corrected chi connectivity index (χ3v) is 7.08. The van der Waals surface area contributed by atoms with Crippen LogP contribution in [-0.2, 0) is 13.0 Å². The molecule has 1 N–H and O–H groups in total. The van der Waals surface area contributed by atoms with Gasteiger partial charge in [0.25, 0.3) is 5.91 Å². The Bertz CT molecular complexity index is 832. The first-order valence-corrected chi connectivity index (χ1v) is 10.3. The Kier molecular flexibility index (Phi) is 3.98. The van der Waals surface area contributed by atoms with Gasteiger partial charge < -0.3 is 15.1 Å². The van der Waals surface area contributed by atoms with Gasteiger partial charge in [-0.25, -0.2) is 4.98 Å². The Morgan fingerprint density at radius 2 is 2.00 bits per heavy atom. The highest BCUT2D eigenvalue weighted by atomic mass is 32.1. The van der Waals surface area contributed by atoms with E-state index in [1.165, 1.54) is 28.5 Å². The SMILES string of the molecule is Cc1ccccc1C(=O)N1CCc2nc(N3C4CCC3CNC4)sc2C1. The number of rotatable bonds is 2. The Morgan fingerprint density at radius 3 is 2.77 bits per heavy atom. The summed E-state index contributed by atoms with van der Waals surface area (Å²) in [4.78, 5) is 23.7. The van der Waals surface area contributed by atoms with Crippen LogP contribution in [0.25, 0.3) is 0 Å². The van der Waals surface area contributed by atoms with Gasteiger partial charge in [0.1, 0.15) is 0 Å². The standard InChI is InChI=1S/C20H24N4OS/c1-13-4-2-3-5-16(13)19(25)23-9-8-17-18(12-23)26-20(22-17)24-14-6-7-15(24)11-21-10-14/h2-5,14-15,21H,6-12H2,1H3. The fourth-order valence-corrected chi connectivity index (χ4v) is 5.81. The molecule has 136 valence electrons. The number of benzene rings is 1. The fourth-order valence-electron chi connectivity index (χ4n) is 4.54.